The fraction of sp³-hybridized carbons (Fsp3) is 0.588. The van der Waals surface area contributed by atoms with Crippen molar-refractivity contribution in [2.24, 2.45) is 11.7 Å². The molecule has 1 aromatic carbocycles. The number of anilines is 1. The van der Waals surface area contributed by atoms with Crippen LogP contribution in [0.1, 0.15) is 38.5 Å². The van der Waals surface area contributed by atoms with Gasteiger partial charge in [0.2, 0.25) is 0 Å². The first kappa shape index (κ1) is 16.8. The van der Waals surface area contributed by atoms with Gasteiger partial charge in [-0.1, -0.05) is 32.1 Å². The molecule has 1 aromatic rings. The minimum absolute atomic E-state index is 0.450. The number of carbonyl (C=O) groups excluding carboxylic acids is 1. The van der Waals surface area contributed by atoms with Crippen molar-refractivity contribution >= 4 is 11.6 Å². The number of amides is 1. The predicted octanol–water partition coefficient (Wildman–Crippen LogP) is 2.29. The Morgan fingerprint density at radius 2 is 1.95 bits per heavy atom. The van der Waals surface area contributed by atoms with Crippen molar-refractivity contribution < 1.29 is 14.6 Å². The third-order valence-electron chi connectivity index (χ3n) is 4.36. The summed E-state index contributed by atoms with van der Waals surface area (Å²) in [7, 11) is 1.58. The first-order valence-electron chi connectivity index (χ1n) is 7.98. The highest BCUT2D eigenvalue weighted by atomic mass is 16.5. The average molecular weight is 306 g/mol. The van der Waals surface area contributed by atoms with Gasteiger partial charge in [0.1, 0.15) is 11.9 Å². The van der Waals surface area contributed by atoms with E-state index in [2.05, 4.69) is 5.32 Å². The van der Waals surface area contributed by atoms with E-state index in [1.54, 1.807) is 31.4 Å². The molecule has 1 aliphatic rings. The van der Waals surface area contributed by atoms with Gasteiger partial charge in [0.15, 0.2) is 0 Å². The van der Waals surface area contributed by atoms with Crippen molar-refractivity contribution in [2.75, 3.05) is 12.4 Å². The Balaban J connectivity index is 1.84. The van der Waals surface area contributed by atoms with Gasteiger partial charge in [-0.05, 0) is 36.6 Å². The average Bonchev–Trinajstić information content (AvgIpc) is 2.55. The van der Waals surface area contributed by atoms with E-state index in [0.717, 1.165) is 12.8 Å². The van der Waals surface area contributed by atoms with E-state index < -0.39 is 18.1 Å². The topological polar surface area (TPSA) is 84.6 Å². The van der Waals surface area contributed by atoms with Crippen molar-refractivity contribution in [3.05, 3.63) is 24.3 Å². The number of carbonyl (C=O) groups is 1. The van der Waals surface area contributed by atoms with Gasteiger partial charge >= 0.3 is 0 Å². The lowest BCUT2D eigenvalue weighted by Crippen LogP contribution is -2.44. The van der Waals surface area contributed by atoms with Crippen LogP contribution in [0, 0.1) is 5.92 Å². The van der Waals surface area contributed by atoms with E-state index >= 15 is 0 Å². The molecule has 1 fully saturated rings. The summed E-state index contributed by atoms with van der Waals surface area (Å²) in [6, 6.07) is 6.46. The van der Waals surface area contributed by atoms with Crippen molar-refractivity contribution in [2.45, 2.75) is 50.7 Å². The molecule has 0 heterocycles. The number of nitrogens with two attached hydrogens (primary N) is 1. The maximum absolute atomic E-state index is 12.1. The van der Waals surface area contributed by atoms with Gasteiger partial charge in [-0.15, -0.1) is 0 Å². The lowest BCUT2D eigenvalue weighted by atomic mass is 9.84. The summed E-state index contributed by atoms with van der Waals surface area (Å²) < 4.78 is 5.06. The van der Waals surface area contributed by atoms with Crippen LogP contribution in [0.15, 0.2) is 24.3 Å². The number of ether oxygens (including phenoxy) is 1. The summed E-state index contributed by atoms with van der Waals surface area (Å²) in [5.74, 6) is 0.799. The molecule has 0 spiro atoms. The molecule has 1 saturated carbocycles. The minimum atomic E-state index is -1.18. The number of aliphatic hydroxyl groups is 1. The van der Waals surface area contributed by atoms with E-state index in [4.69, 9.17) is 10.5 Å². The third-order valence-corrected chi connectivity index (χ3v) is 4.36. The molecule has 0 saturated heterocycles. The number of benzene rings is 1. The van der Waals surface area contributed by atoms with Crippen LogP contribution in [0.2, 0.25) is 0 Å². The highest BCUT2D eigenvalue weighted by Gasteiger charge is 2.26. The van der Waals surface area contributed by atoms with Crippen LogP contribution in [0.4, 0.5) is 5.69 Å². The maximum atomic E-state index is 12.1. The number of aliphatic hydroxyl groups excluding tert-OH is 1. The summed E-state index contributed by atoms with van der Waals surface area (Å²) in [6.45, 7) is 0. The van der Waals surface area contributed by atoms with Gasteiger partial charge in [-0.25, -0.2) is 0 Å². The van der Waals surface area contributed by atoms with Crippen LogP contribution in [0.5, 0.6) is 5.75 Å². The molecule has 22 heavy (non-hydrogen) atoms. The highest BCUT2D eigenvalue weighted by molar-refractivity contribution is 5.94. The number of hydrogen-bond donors (Lipinski definition) is 3. The Kier molecular flexibility index (Phi) is 6.21. The molecule has 0 aliphatic heterocycles. The van der Waals surface area contributed by atoms with E-state index in [0.29, 0.717) is 23.8 Å². The minimum Gasteiger partial charge on any atom is -0.497 e. The first-order chi connectivity index (χ1) is 10.6. The largest absolute Gasteiger partial charge is 0.497 e. The quantitative estimate of drug-likeness (QED) is 0.753. The predicted molar refractivity (Wildman–Crippen MR) is 86.8 cm³/mol. The second-order valence-electron chi connectivity index (χ2n) is 6.07. The summed E-state index contributed by atoms with van der Waals surface area (Å²) in [5, 5.41) is 12.8. The standard InChI is InChI=1S/C17H26N2O3/c1-22-14-9-7-13(8-10-14)19-17(21)16(20)15(18)11-12-5-3-2-4-6-12/h7-10,12,15-16,20H,2-6,11,18H2,1H3,(H,19,21)/t15-,16?/m1/s1. The number of nitrogens with one attached hydrogen (secondary N) is 1. The van der Waals surface area contributed by atoms with E-state index in [1.807, 2.05) is 0 Å². The first-order valence-corrected chi connectivity index (χ1v) is 7.98. The Morgan fingerprint density at radius 1 is 1.32 bits per heavy atom. The molecule has 1 unspecified atom stereocenters. The van der Waals surface area contributed by atoms with Crippen molar-refractivity contribution in [3.63, 3.8) is 0 Å². The van der Waals surface area contributed by atoms with Crippen LogP contribution in [-0.4, -0.2) is 30.3 Å². The van der Waals surface area contributed by atoms with E-state index in [-0.39, 0.29) is 0 Å². The summed E-state index contributed by atoms with van der Waals surface area (Å²) >= 11 is 0. The van der Waals surface area contributed by atoms with Crippen LogP contribution in [0.3, 0.4) is 0 Å². The molecule has 0 aromatic heterocycles. The Bertz CT molecular complexity index is 469. The molecule has 1 aliphatic carbocycles. The summed E-state index contributed by atoms with van der Waals surface area (Å²) in [6.07, 6.45) is 5.57. The molecule has 0 bridgehead atoms. The zero-order valence-electron chi connectivity index (χ0n) is 13.1. The monoisotopic (exact) mass is 306 g/mol. The SMILES string of the molecule is COc1ccc(NC(=O)C(O)[C@H](N)CC2CCCCC2)cc1. The highest BCUT2D eigenvalue weighted by Crippen LogP contribution is 2.27. The molecule has 1 amide bonds. The number of rotatable bonds is 6. The van der Waals surface area contributed by atoms with Gasteiger partial charge in [0.25, 0.3) is 5.91 Å². The molecule has 2 atom stereocenters. The van der Waals surface area contributed by atoms with Crippen molar-refractivity contribution in [1.29, 1.82) is 0 Å². The third kappa shape index (κ3) is 4.71. The molecule has 0 radical (unpaired) electrons. The summed E-state index contributed by atoms with van der Waals surface area (Å²) in [5.41, 5.74) is 6.64. The van der Waals surface area contributed by atoms with Crippen molar-refractivity contribution in [3.8, 4) is 5.75 Å². The second-order valence-corrected chi connectivity index (χ2v) is 6.07. The smallest absolute Gasteiger partial charge is 0.254 e. The number of methoxy groups -OCH3 is 1. The molecule has 2 rings (SSSR count). The maximum Gasteiger partial charge on any atom is 0.254 e. The fourth-order valence-corrected chi connectivity index (χ4v) is 3.02. The normalized spacial score (nSPS) is 18.5. The molecule has 4 N–H and O–H groups in total. The molecular formula is C17H26N2O3. The molecule has 5 nitrogen and oxygen atoms in total. The van der Waals surface area contributed by atoms with Crippen LogP contribution in [0.25, 0.3) is 0 Å². The van der Waals surface area contributed by atoms with Crippen LogP contribution >= 0.6 is 0 Å². The van der Waals surface area contributed by atoms with Gasteiger partial charge in [-0.2, -0.15) is 0 Å². The zero-order valence-corrected chi connectivity index (χ0v) is 13.1. The second kappa shape index (κ2) is 8.15. The van der Waals surface area contributed by atoms with Gasteiger partial charge < -0.3 is 20.9 Å². The van der Waals surface area contributed by atoms with E-state index in [1.165, 1.54) is 19.3 Å². The number of hydrogen-bond acceptors (Lipinski definition) is 4. The summed E-state index contributed by atoms with van der Waals surface area (Å²) in [4.78, 5) is 12.1. The lowest BCUT2D eigenvalue weighted by Gasteiger charge is -2.26. The zero-order chi connectivity index (χ0) is 15.9. The Hall–Kier alpha value is -1.59. The molecular weight excluding hydrogens is 280 g/mol. The lowest BCUT2D eigenvalue weighted by molar-refractivity contribution is -0.125. The Labute approximate surface area is 131 Å². The van der Waals surface area contributed by atoms with Gasteiger partial charge in [0.05, 0.1) is 7.11 Å². The Morgan fingerprint density at radius 3 is 2.55 bits per heavy atom. The van der Waals surface area contributed by atoms with Crippen molar-refractivity contribution in [1.82, 2.24) is 0 Å². The van der Waals surface area contributed by atoms with Gasteiger partial charge in [0, 0.05) is 11.7 Å². The van der Waals surface area contributed by atoms with E-state index in [9.17, 15) is 9.90 Å². The molecule has 5 heteroatoms. The van der Waals surface area contributed by atoms with Crippen LogP contribution in [-0.2, 0) is 4.79 Å². The van der Waals surface area contributed by atoms with Crippen LogP contribution < -0.4 is 15.8 Å². The fourth-order valence-electron chi connectivity index (χ4n) is 3.02. The molecule has 122 valence electrons. The van der Waals surface area contributed by atoms with Gasteiger partial charge in [-0.3, -0.25) is 4.79 Å².